The number of benzene rings is 1. The monoisotopic (exact) mass is 384 g/mol. The molecule has 8 heteroatoms. The Morgan fingerprint density at radius 3 is 2.46 bits per heavy atom. The number of piperazine rings is 1. The second kappa shape index (κ2) is 8.52. The first kappa shape index (κ1) is 21.2. The van der Waals surface area contributed by atoms with Crippen LogP contribution in [-0.4, -0.2) is 37.4 Å². The SMILES string of the molecule is CC(C)C[C@@H](c1cccc2c1OC(F)(F)O2)N1CCNCC1.Cl.Cl. The zero-order valence-electron chi connectivity index (χ0n) is 13.8. The quantitative estimate of drug-likeness (QED) is 0.854. The zero-order valence-corrected chi connectivity index (χ0v) is 15.4. The lowest BCUT2D eigenvalue weighted by atomic mass is 9.94. The van der Waals surface area contributed by atoms with Gasteiger partial charge in [-0.1, -0.05) is 26.0 Å². The second-order valence-corrected chi connectivity index (χ2v) is 6.27. The summed E-state index contributed by atoms with van der Waals surface area (Å²) in [6.45, 7) is 7.92. The molecular weight excluding hydrogens is 361 g/mol. The molecule has 2 aliphatic heterocycles. The number of hydrogen-bond donors (Lipinski definition) is 1. The van der Waals surface area contributed by atoms with E-state index in [4.69, 9.17) is 4.74 Å². The predicted octanol–water partition coefficient (Wildman–Crippen LogP) is 3.84. The maximum Gasteiger partial charge on any atom is 0.586 e. The molecule has 0 aliphatic carbocycles. The number of halogens is 4. The van der Waals surface area contributed by atoms with Gasteiger partial charge in [-0.05, 0) is 18.4 Å². The van der Waals surface area contributed by atoms with Crippen LogP contribution in [0.5, 0.6) is 11.5 Å². The van der Waals surface area contributed by atoms with Crippen molar-refractivity contribution in [3.63, 3.8) is 0 Å². The lowest BCUT2D eigenvalue weighted by Gasteiger charge is -2.36. The first-order valence-corrected chi connectivity index (χ1v) is 7.80. The Balaban J connectivity index is 0.00000144. The van der Waals surface area contributed by atoms with Gasteiger partial charge in [0.1, 0.15) is 0 Å². The summed E-state index contributed by atoms with van der Waals surface area (Å²) in [7, 11) is 0. The third-order valence-corrected chi connectivity index (χ3v) is 4.11. The minimum atomic E-state index is -3.57. The summed E-state index contributed by atoms with van der Waals surface area (Å²) in [4.78, 5) is 2.34. The molecule has 1 N–H and O–H groups in total. The molecule has 1 aromatic carbocycles. The van der Waals surface area contributed by atoms with Crippen LogP contribution in [-0.2, 0) is 0 Å². The van der Waals surface area contributed by atoms with E-state index < -0.39 is 6.29 Å². The van der Waals surface area contributed by atoms with Crippen LogP contribution in [0.4, 0.5) is 8.78 Å². The molecule has 0 aromatic heterocycles. The van der Waals surface area contributed by atoms with Crippen molar-refractivity contribution in [2.24, 2.45) is 5.92 Å². The van der Waals surface area contributed by atoms with Gasteiger partial charge in [0.15, 0.2) is 11.5 Å². The van der Waals surface area contributed by atoms with Gasteiger partial charge in [-0.25, -0.2) is 0 Å². The molecule has 24 heavy (non-hydrogen) atoms. The van der Waals surface area contributed by atoms with Gasteiger partial charge in [0.05, 0.1) is 0 Å². The molecule has 0 spiro atoms. The summed E-state index contributed by atoms with van der Waals surface area (Å²) in [6.07, 6.45) is -2.67. The Labute approximate surface area is 153 Å². The van der Waals surface area contributed by atoms with Crippen LogP contribution in [0.3, 0.4) is 0 Å². The summed E-state index contributed by atoms with van der Waals surface area (Å²) in [5.74, 6) is 0.779. The van der Waals surface area contributed by atoms with Crippen molar-refractivity contribution in [3.05, 3.63) is 23.8 Å². The van der Waals surface area contributed by atoms with E-state index in [-0.39, 0.29) is 42.4 Å². The number of ether oxygens (including phenoxy) is 2. The van der Waals surface area contributed by atoms with Gasteiger partial charge in [-0.15, -0.1) is 33.6 Å². The maximum atomic E-state index is 13.4. The van der Waals surface area contributed by atoms with Gasteiger partial charge >= 0.3 is 6.29 Å². The van der Waals surface area contributed by atoms with E-state index in [1.165, 1.54) is 6.07 Å². The van der Waals surface area contributed by atoms with Crippen molar-refractivity contribution in [1.82, 2.24) is 10.2 Å². The van der Waals surface area contributed by atoms with Crippen molar-refractivity contribution in [2.45, 2.75) is 32.6 Å². The largest absolute Gasteiger partial charge is 0.586 e. The van der Waals surface area contributed by atoms with Gasteiger partial charge in [0.2, 0.25) is 0 Å². The minimum absolute atomic E-state index is 0. The van der Waals surface area contributed by atoms with Crippen molar-refractivity contribution in [2.75, 3.05) is 26.2 Å². The average molecular weight is 385 g/mol. The highest BCUT2D eigenvalue weighted by Crippen LogP contribution is 2.47. The van der Waals surface area contributed by atoms with Gasteiger partial charge in [0, 0.05) is 37.8 Å². The molecule has 4 nitrogen and oxygen atoms in total. The van der Waals surface area contributed by atoms with Crippen molar-refractivity contribution >= 4 is 24.8 Å². The molecule has 0 unspecified atom stereocenters. The number of alkyl halides is 2. The Bertz CT molecular complexity index is 541. The third-order valence-electron chi connectivity index (χ3n) is 4.11. The van der Waals surface area contributed by atoms with E-state index in [1.807, 2.05) is 6.07 Å². The van der Waals surface area contributed by atoms with Crippen LogP contribution in [0.2, 0.25) is 0 Å². The first-order chi connectivity index (χ1) is 10.5. The van der Waals surface area contributed by atoms with Crippen LogP contribution in [0.25, 0.3) is 0 Å². The van der Waals surface area contributed by atoms with Gasteiger partial charge in [-0.3, -0.25) is 4.90 Å². The summed E-state index contributed by atoms with van der Waals surface area (Å²) < 4.78 is 36.2. The highest BCUT2D eigenvalue weighted by molar-refractivity contribution is 5.85. The summed E-state index contributed by atoms with van der Waals surface area (Å²) in [5.41, 5.74) is 0.797. The molecule has 0 bridgehead atoms. The lowest BCUT2D eigenvalue weighted by molar-refractivity contribution is -0.287. The van der Waals surface area contributed by atoms with E-state index >= 15 is 0 Å². The molecule has 1 atom stereocenters. The van der Waals surface area contributed by atoms with Gasteiger partial charge in [-0.2, -0.15) is 0 Å². The Hall–Kier alpha value is -0.820. The molecule has 2 aliphatic rings. The first-order valence-electron chi connectivity index (χ1n) is 7.80. The van der Waals surface area contributed by atoms with Crippen molar-refractivity contribution in [3.8, 4) is 11.5 Å². The van der Waals surface area contributed by atoms with Crippen LogP contribution in [0.15, 0.2) is 18.2 Å². The Kier molecular flexibility index (Phi) is 7.53. The number of nitrogens with zero attached hydrogens (tertiary/aromatic N) is 1. The highest BCUT2D eigenvalue weighted by atomic mass is 35.5. The molecule has 1 fully saturated rings. The maximum absolute atomic E-state index is 13.4. The van der Waals surface area contributed by atoms with Crippen LogP contribution in [0.1, 0.15) is 31.9 Å². The minimum Gasteiger partial charge on any atom is -0.395 e. The molecule has 3 rings (SSSR count). The van der Waals surface area contributed by atoms with Crippen molar-refractivity contribution in [1.29, 1.82) is 0 Å². The van der Waals surface area contributed by atoms with Crippen molar-refractivity contribution < 1.29 is 18.3 Å². The fourth-order valence-electron chi connectivity index (χ4n) is 3.17. The molecule has 2 heterocycles. The number of rotatable bonds is 4. The highest BCUT2D eigenvalue weighted by Gasteiger charge is 2.45. The van der Waals surface area contributed by atoms with Gasteiger partial charge in [0.25, 0.3) is 0 Å². The average Bonchev–Trinajstić information content (AvgIpc) is 2.79. The predicted molar refractivity (Wildman–Crippen MR) is 93.8 cm³/mol. The summed E-state index contributed by atoms with van der Waals surface area (Å²) >= 11 is 0. The smallest absolute Gasteiger partial charge is 0.395 e. The molecule has 0 saturated carbocycles. The van der Waals surface area contributed by atoms with E-state index in [2.05, 4.69) is 28.8 Å². The third kappa shape index (κ3) is 4.63. The Morgan fingerprint density at radius 2 is 1.83 bits per heavy atom. The van der Waals surface area contributed by atoms with Crippen LogP contribution in [0, 0.1) is 5.92 Å². The fraction of sp³-hybridized carbons (Fsp3) is 0.625. The number of nitrogens with one attached hydrogen (secondary N) is 1. The summed E-state index contributed by atoms with van der Waals surface area (Å²) in [5, 5.41) is 3.32. The molecule has 0 radical (unpaired) electrons. The number of para-hydroxylation sites is 1. The normalized spacial score (nSPS) is 20.2. The van der Waals surface area contributed by atoms with Crippen LogP contribution < -0.4 is 14.8 Å². The zero-order chi connectivity index (χ0) is 15.7. The topological polar surface area (TPSA) is 33.7 Å². The van der Waals surface area contributed by atoms with E-state index in [1.54, 1.807) is 6.07 Å². The van der Waals surface area contributed by atoms with E-state index in [9.17, 15) is 8.78 Å². The standard InChI is InChI=1S/C16H22F2N2O2.2ClH/c1-11(2)10-13(20-8-6-19-7-9-20)12-4-3-5-14-15(12)22-16(17,18)21-14;;/h3-5,11,13,19H,6-10H2,1-2H3;2*1H/t13-;;/m0../s1. The van der Waals surface area contributed by atoms with Crippen LogP contribution >= 0.6 is 24.8 Å². The van der Waals surface area contributed by atoms with E-state index in [0.717, 1.165) is 38.2 Å². The fourth-order valence-corrected chi connectivity index (χ4v) is 3.17. The number of fused-ring (bicyclic) bond motifs is 1. The van der Waals surface area contributed by atoms with Gasteiger partial charge < -0.3 is 14.8 Å². The molecule has 1 aromatic rings. The second-order valence-electron chi connectivity index (χ2n) is 6.27. The lowest BCUT2D eigenvalue weighted by Crippen LogP contribution is -2.45. The molecule has 0 amide bonds. The summed E-state index contributed by atoms with van der Waals surface area (Å²) in [6, 6.07) is 5.23. The molecule has 1 saturated heterocycles. The Morgan fingerprint density at radius 1 is 1.17 bits per heavy atom. The van der Waals surface area contributed by atoms with E-state index in [0.29, 0.717) is 5.92 Å². The number of hydrogen-bond acceptors (Lipinski definition) is 4. The molecular formula is C16H24Cl2F2N2O2. The molecule has 138 valence electrons.